The van der Waals surface area contributed by atoms with E-state index in [0.29, 0.717) is 23.0 Å². The zero-order valence-corrected chi connectivity index (χ0v) is 12.9. The SMILES string of the molecule is CCC1NC(=O)C(CC)N(c2ccc(Br)c(F)c2)C1=O. The van der Waals surface area contributed by atoms with E-state index >= 15 is 0 Å². The maximum absolute atomic E-state index is 13.7. The van der Waals surface area contributed by atoms with Gasteiger partial charge < -0.3 is 5.32 Å². The average Bonchev–Trinajstić information content (AvgIpc) is 2.43. The van der Waals surface area contributed by atoms with Crippen LogP contribution in [0.5, 0.6) is 0 Å². The molecule has 1 N–H and O–H groups in total. The number of hydrogen-bond donors (Lipinski definition) is 1. The van der Waals surface area contributed by atoms with Crippen LogP contribution in [0.15, 0.2) is 22.7 Å². The van der Waals surface area contributed by atoms with Crippen molar-refractivity contribution < 1.29 is 14.0 Å². The summed E-state index contributed by atoms with van der Waals surface area (Å²) >= 11 is 3.08. The number of carbonyl (C=O) groups is 2. The Morgan fingerprint density at radius 1 is 1.30 bits per heavy atom. The second-order valence-corrected chi connectivity index (χ2v) is 5.55. The van der Waals surface area contributed by atoms with Crippen molar-refractivity contribution >= 4 is 33.4 Å². The van der Waals surface area contributed by atoms with E-state index in [4.69, 9.17) is 0 Å². The van der Waals surface area contributed by atoms with Crippen molar-refractivity contribution in [2.75, 3.05) is 4.90 Å². The van der Waals surface area contributed by atoms with E-state index < -0.39 is 17.9 Å². The molecule has 1 heterocycles. The molecule has 2 rings (SSSR count). The van der Waals surface area contributed by atoms with E-state index in [2.05, 4.69) is 21.2 Å². The molecular weight excluding hydrogens is 327 g/mol. The highest BCUT2D eigenvalue weighted by Gasteiger charge is 2.39. The Bertz CT molecular complexity index is 550. The lowest BCUT2D eigenvalue weighted by atomic mass is 10.0. The van der Waals surface area contributed by atoms with Gasteiger partial charge in [0.2, 0.25) is 11.8 Å². The number of halogens is 2. The average molecular weight is 343 g/mol. The molecule has 0 aliphatic carbocycles. The zero-order valence-electron chi connectivity index (χ0n) is 11.3. The summed E-state index contributed by atoms with van der Waals surface area (Å²) in [6.07, 6.45) is 0.988. The first-order chi connectivity index (χ1) is 9.49. The Morgan fingerprint density at radius 3 is 2.55 bits per heavy atom. The maximum atomic E-state index is 13.7. The van der Waals surface area contributed by atoms with Crippen LogP contribution in [0.3, 0.4) is 0 Å². The molecule has 1 aliphatic rings. The van der Waals surface area contributed by atoms with E-state index in [1.54, 1.807) is 6.07 Å². The molecule has 0 radical (unpaired) electrons. The lowest BCUT2D eigenvalue weighted by molar-refractivity contribution is -0.134. The van der Waals surface area contributed by atoms with Gasteiger partial charge in [0.05, 0.1) is 4.47 Å². The van der Waals surface area contributed by atoms with Crippen LogP contribution >= 0.6 is 15.9 Å². The molecule has 0 spiro atoms. The first-order valence-electron chi connectivity index (χ1n) is 6.58. The minimum Gasteiger partial charge on any atom is -0.342 e. The normalized spacial score (nSPS) is 22.9. The van der Waals surface area contributed by atoms with Gasteiger partial charge in [-0.05, 0) is 47.0 Å². The molecular formula is C14H16BrFN2O2. The van der Waals surface area contributed by atoms with Crippen LogP contribution in [0.2, 0.25) is 0 Å². The van der Waals surface area contributed by atoms with Gasteiger partial charge >= 0.3 is 0 Å². The lowest BCUT2D eigenvalue weighted by Crippen LogP contribution is -2.63. The van der Waals surface area contributed by atoms with Crippen LogP contribution in [0.25, 0.3) is 0 Å². The number of benzene rings is 1. The summed E-state index contributed by atoms with van der Waals surface area (Å²) in [6, 6.07) is 3.32. The maximum Gasteiger partial charge on any atom is 0.250 e. The minimum atomic E-state index is -0.592. The Kier molecular flexibility index (Phi) is 4.42. The van der Waals surface area contributed by atoms with E-state index in [1.807, 2.05) is 13.8 Å². The highest BCUT2D eigenvalue weighted by Crippen LogP contribution is 2.27. The van der Waals surface area contributed by atoms with Gasteiger partial charge in [-0.3, -0.25) is 14.5 Å². The predicted octanol–water partition coefficient (Wildman–Crippen LogP) is 2.61. The highest BCUT2D eigenvalue weighted by atomic mass is 79.9. The second kappa shape index (κ2) is 5.91. The van der Waals surface area contributed by atoms with Gasteiger partial charge in [0, 0.05) is 5.69 Å². The highest BCUT2D eigenvalue weighted by molar-refractivity contribution is 9.10. The molecule has 2 amide bonds. The quantitative estimate of drug-likeness (QED) is 0.917. The fourth-order valence-corrected chi connectivity index (χ4v) is 2.60. The summed E-state index contributed by atoms with van der Waals surface area (Å²) in [5, 5.41) is 2.71. The number of nitrogens with one attached hydrogen (secondary N) is 1. The Balaban J connectivity index is 2.44. The third-order valence-electron chi connectivity index (χ3n) is 3.44. The number of hydrogen-bond acceptors (Lipinski definition) is 2. The Morgan fingerprint density at radius 2 is 2.00 bits per heavy atom. The molecule has 0 aromatic heterocycles. The van der Waals surface area contributed by atoms with Gasteiger partial charge in [0.25, 0.3) is 0 Å². The fourth-order valence-electron chi connectivity index (χ4n) is 2.36. The van der Waals surface area contributed by atoms with E-state index in [-0.39, 0.29) is 11.8 Å². The number of nitrogens with zero attached hydrogens (tertiary/aromatic N) is 1. The first kappa shape index (κ1) is 15.0. The summed E-state index contributed by atoms with van der Waals surface area (Å²) in [5.41, 5.74) is 0.413. The lowest BCUT2D eigenvalue weighted by Gasteiger charge is -2.38. The molecule has 2 unspecified atom stereocenters. The Labute approximate surface area is 125 Å². The van der Waals surface area contributed by atoms with Crippen molar-refractivity contribution in [2.24, 2.45) is 0 Å². The summed E-state index contributed by atoms with van der Waals surface area (Å²) in [6.45, 7) is 3.65. The van der Waals surface area contributed by atoms with Crippen LogP contribution in [0.1, 0.15) is 26.7 Å². The van der Waals surface area contributed by atoms with Crippen LogP contribution < -0.4 is 10.2 Å². The predicted molar refractivity (Wildman–Crippen MR) is 77.9 cm³/mol. The van der Waals surface area contributed by atoms with Crippen LogP contribution in [-0.4, -0.2) is 23.9 Å². The van der Waals surface area contributed by atoms with E-state index in [0.717, 1.165) is 0 Å². The van der Waals surface area contributed by atoms with Gasteiger partial charge in [-0.15, -0.1) is 0 Å². The number of amides is 2. The first-order valence-corrected chi connectivity index (χ1v) is 7.37. The largest absolute Gasteiger partial charge is 0.342 e. The van der Waals surface area contributed by atoms with E-state index in [9.17, 15) is 14.0 Å². The smallest absolute Gasteiger partial charge is 0.250 e. The van der Waals surface area contributed by atoms with Gasteiger partial charge in [0.1, 0.15) is 17.9 Å². The van der Waals surface area contributed by atoms with Crippen molar-refractivity contribution in [3.63, 3.8) is 0 Å². The van der Waals surface area contributed by atoms with Crippen molar-refractivity contribution in [1.29, 1.82) is 0 Å². The van der Waals surface area contributed by atoms with Crippen molar-refractivity contribution in [3.05, 3.63) is 28.5 Å². The third kappa shape index (κ3) is 2.57. The van der Waals surface area contributed by atoms with Crippen molar-refractivity contribution in [2.45, 2.75) is 38.8 Å². The third-order valence-corrected chi connectivity index (χ3v) is 4.09. The van der Waals surface area contributed by atoms with Gasteiger partial charge in [-0.2, -0.15) is 0 Å². The van der Waals surface area contributed by atoms with Gasteiger partial charge in [0.15, 0.2) is 0 Å². The minimum absolute atomic E-state index is 0.192. The molecule has 1 aromatic rings. The molecule has 0 bridgehead atoms. The number of carbonyl (C=O) groups excluding carboxylic acids is 2. The van der Waals surface area contributed by atoms with Crippen molar-refractivity contribution in [3.8, 4) is 0 Å². The molecule has 1 aromatic carbocycles. The molecule has 2 atom stereocenters. The zero-order chi connectivity index (χ0) is 14.9. The number of anilines is 1. The fraction of sp³-hybridized carbons (Fsp3) is 0.429. The summed E-state index contributed by atoms with van der Waals surface area (Å²) in [7, 11) is 0. The monoisotopic (exact) mass is 342 g/mol. The van der Waals surface area contributed by atoms with Crippen LogP contribution in [0, 0.1) is 5.82 Å². The molecule has 0 saturated carbocycles. The number of rotatable bonds is 3. The molecule has 1 fully saturated rings. The number of piperazine rings is 1. The second-order valence-electron chi connectivity index (χ2n) is 4.70. The van der Waals surface area contributed by atoms with E-state index in [1.165, 1.54) is 17.0 Å². The molecule has 6 heteroatoms. The Hall–Kier alpha value is -1.43. The van der Waals surface area contributed by atoms with Crippen LogP contribution in [0.4, 0.5) is 10.1 Å². The van der Waals surface area contributed by atoms with Crippen molar-refractivity contribution in [1.82, 2.24) is 5.32 Å². The molecule has 20 heavy (non-hydrogen) atoms. The van der Waals surface area contributed by atoms with Gasteiger partial charge in [-0.25, -0.2) is 4.39 Å². The molecule has 1 aliphatic heterocycles. The standard InChI is InChI=1S/C14H16BrFN2O2/c1-3-11-14(20)18(12(4-2)13(19)17-11)8-5-6-9(15)10(16)7-8/h5-7,11-12H,3-4H2,1-2H3,(H,17,19). The summed E-state index contributed by atoms with van der Waals surface area (Å²) in [5.74, 6) is -0.841. The summed E-state index contributed by atoms with van der Waals surface area (Å²) in [4.78, 5) is 25.9. The van der Waals surface area contributed by atoms with Crippen LogP contribution in [-0.2, 0) is 9.59 Å². The topological polar surface area (TPSA) is 49.4 Å². The van der Waals surface area contributed by atoms with Gasteiger partial charge in [-0.1, -0.05) is 13.8 Å². The molecule has 4 nitrogen and oxygen atoms in total. The summed E-state index contributed by atoms with van der Waals surface area (Å²) < 4.78 is 14.0. The molecule has 1 saturated heterocycles. The molecule has 108 valence electrons.